The molecule has 0 bridgehead atoms. The van der Waals surface area contributed by atoms with Gasteiger partial charge in [-0.2, -0.15) is 0 Å². The number of aliphatic carboxylic acids is 2. The molecule has 0 heterocycles. The van der Waals surface area contributed by atoms with Gasteiger partial charge in [0.25, 0.3) is 0 Å². The molecule has 0 aromatic rings. The van der Waals surface area contributed by atoms with E-state index in [4.69, 9.17) is 0 Å². The number of carboxylic acids is 2. The van der Waals surface area contributed by atoms with Crippen molar-refractivity contribution in [2.75, 3.05) is 0 Å². The van der Waals surface area contributed by atoms with Crippen molar-refractivity contribution < 1.29 is 83.7 Å². The Morgan fingerprint density at radius 3 is 2.25 bits per heavy atom. The molecule has 0 N–H and O–H groups in total. The normalized spacial score (nSPS) is 20.4. The summed E-state index contributed by atoms with van der Waals surface area (Å²) in [5, 5.41) is 21.7. The van der Waals surface area contributed by atoms with E-state index in [2.05, 4.69) is 11.8 Å². The van der Waals surface area contributed by atoms with E-state index in [1.165, 1.54) is 0 Å². The van der Waals surface area contributed by atoms with Gasteiger partial charge >= 0.3 is 59.1 Å². The van der Waals surface area contributed by atoms with Gasteiger partial charge in [-0.25, -0.2) is 0 Å². The molecule has 20 heavy (non-hydrogen) atoms. The first-order valence-corrected chi connectivity index (χ1v) is 5.89. The summed E-state index contributed by atoms with van der Waals surface area (Å²) in [5.74, 6) is -1.08. The quantitative estimate of drug-likeness (QED) is 0.292. The van der Waals surface area contributed by atoms with E-state index in [9.17, 15) is 24.6 Å². The van der Waals surface area contributed by atoms with Gasteiger partial charge < -0.3 is 19.8 Å². The molecule has 1 fully saturated rings. The zero-order valence-electron chi connectivity index (χ0n) is 12.1. The summed E-state index contributed by atoms with van der Waals surface area (Å²) in [4.78, 5) is 33.3. The number of ketones is 1. The van der Waals surface area contributed by atoms with Gasteiger partial charge in [0, 0.05) is 31.1 Å². The van der Waals surface area contributed by atoms with Crippen LogP contribution in [0.5, 0.6) is 0 Å². The van der Waals surface area contributed by atoms with Crippen LogP contribution in [0.25, 0.3) is 0 Å². The second kappa shape index (κ2) is 10.8. The molecule has 1 rings (SSSR count). The molecule has 1 aliphatic rings. The predicted octanol–water partition coefficient (Wildman–Crippen LogP) is -7.49. The first kappa shape index (κ1) is 22.5. The number of carbonyl (C=O) groups excluding carboxylic acids is 3. The summed E-state index contributed by atoms with van der Waals surface area (Å²) in [6.07, 6.45) is 1.27. The molecular formula is C13H14Na2O5. The molecule has 98 valence electrons. The number of hydrogen-bond acceptors (Lipinski definition) is 5. The molecule has 0 amide bonds. The fourth-order valence-corrected chi connectivity index (χ4v) is 2.35. The minimum Gasteiger partial charge on any atom is -0.549 e. The Balaban J connectivity index is 0. The average molecular weight is 296 g/mol. The number of hydrogen-bond donors (Lipinski definition) is 0. The minimum absolute atomic E-state index is 0. The maximum Gasteiger partial charge on any atom is 1.00 e. The van der Waals surface area contributed by atoms with Gasteiger partial charge in [-0.05, 0) is 12.3 Å². The summed E-state index contributed by atoms with van der Waals surface area (Å²) in [7, 11) is 0. The second-order valence-electron chi connectivity index (χ2n) is 4.30. The molecule has 0 spiro atoms. The van der Waals surface area contributed by atoms with Gasteiger partial charge in [0.05, 0.1) is 11.9 Å². The van der Waals surface area contributed by atoms with E-state index in [0.29, 0.717) is 6.42 Å². The summed E-state index contributed by atoms with van der Waals surface area (Å²) in [6.45, 7) is 1.85. The third-order valence-electron chi connectivity index (χ3n) is 3.21. The Morgan fingerprint density at radius 2 is 1.80 bits per heavy atom. The molecule has 0 aliphatic heterocycles. The molecule has 5 nitrogen and oxygen atoms in total. The Morgan fingerprint density at radius 1 is 1.25 bits per heavy atom. The van der Waals surface area contributed by atoms with E-state index in [-0.39, 0.29) is 84.2 Å². The maximum absolute atomic E-state index is 11.6. The minimum atomic E-state index is -1.73. The van der Waals surface area contributed by atoms with Crippen molar-refractivity contribution in [3.05, 3.63) is 0 Å². The van der Waals surface area contributed by atoms with Crippen LogP contribution in [0.1, 0.15) is 32.6 Å². The van der Waals surface area contributed by atoms with Crippen LogP contribution in [0, 0.1) is 29.6 Å². The molecule has 0 aromatic heterocycles. The topological polar surface area (TPSA) is 97.3 Å². The van der Waals surface area contributed by atoms with Gasteiger partial charge in [0.1, 0.15) is 5.78 Å². The van der Waals surface area contributed by atoms with Crippen LogP contribution in [-0.2, 0) is 14.4 Å². The zero-order valence-corrected chi connectivity index (χ0v) is 16.1. The van der Waals surface area contributed by atoms with E-state index in [1.807, 2.05) is 6.92 Å². The molecule has 7 heteroatoms. The van der Waals surface area contributed by atoms with Gasteiger partial charge in [-0.1, -0.05) is 6.92 Å². The first-order chi connectivity index (χ1) is 8.49. The first-order valence-electron chi connectivity index (χ1n) is 5.89. The Kier molecular flexibility index (Phi) is 12.2. The van der Waals surface area contributed by atoms with Crippen molar-refractivity contribution in [1.29, 1.82) is 0 Å². The fraction of sp³-hybridized carbons (Fsp3) is 0.615. The van der Waals surface area contributed by atoms with Gasteiger partial charge in [0.15, 0.2) is 0 Å². The van der Waals surface area contributed by atoms with Crippen LogP contribution < -0.4 is 69.3 Å². The maximum atomic E-state index is 11.6. The number of rotatable bonds is 4. The third-order valence-corrected chi connectivity index (χ3v) is 3.21. The predicted molar refractivity (Wildman–Crippen MR) is 57.4 cm³/mol. The second-order valence-corrected chi connectivity index (χ2v) is 4.30. The van der Waals surface area contributed by atoms with E-state index in [0.717, 1.165) is 0 Å². The van der Waals surface area contributed by atoms with Crippen molar-refractivity contribution in [1.82, 2.24) is 0 Å². The molecule has 2 unspecified atom stereocenters. The molecule has 0 aromatic carbocycles. The van der Waals surface area contributed by atoms with Crippen LogP contribution in [0.15, 0.2) is 0 Å². The monoisotopic (exact) mass is 296 g/mol. The molecule has 1 saturated carbocycles. The number of Topliss-reactive ketones (excluding diaryl/α,β-unsaturated/α-hetero) is 1. The van der Waals surface area contributed by atoms with Crippen LogP contribution in [0.4, 0.5) is 0 Å². The fourth-order valence-electron chi connectivity index (χ4n) is 2.35. The van der Waals surface area contributed by atoms with Crippen molar-refractivity contribution in [3.8, 4) is 11.8 Å². The number of carbonyl (C=O) groups is 3. The smallest absolute Gasteiger partial charge is 0.549 e. The van der Waals surface area contributed by atoms with E-state index < -0.39 is 29.7 Å². The van der Waals surface area contributed by atoms with Crippen LogP contribution in [-0.4, -0.2) is 17.7 Å². The van der Waals surface area contributed by atoms with Crippen molar-refractivity contribution >= 4 is 17.7 Å². The van der Waals surface area contributed by atoms with Gasteiger partial charge in [-0.3, -0.25) is 4.79 Å². The van der Waals surface area contributed by atoms with Gasteiger partial charge in [-0.15, -0.1) is 11.8 Å². The Labute approximate surface area is 162 Å². The largest absolute Gasteiger partial charge is 1.00 e. The van der Waals surface area contributed by atoms with Crippen molar-refractivity contribution in [2.24, 2.45) is 17.8 Å². The zero-order chi connectivity index (χ0) is 13.7. The van der Waals surface area contributed by atoms with E-state index in [1.54, 1.807) is 0 Å². The van der Waals surface area contributed by atoms with Crippen LogP contribution in [0.2, 0.25) is 0 Å². The Bertz CT molecular complexity index is 410. The summed E-state index contributed by atoms with van der Waals surface area (Å²) >= 11 is 0. The molecule has 2 atom stereocenters. The van der Waals surface area contributed by atoms with E-state index >= 15 is 0 Å². The van der Waals surface area contributed by atoms with Crippen molar-refractivity contribution in [2.45, 2.75) is 32.6 Å². The van der Waals surface area contributed by atoms with Crippen molar-refractivity contribution in [3.63, 3.8) is 0 Å². The SMILES string of the molecule is CCC#CCC1C(=O)CCC1C(C(=O)[O-])C(=O)[O-].[Na+].[Na+]. The standard InChI is InChI=1S/C13H16O5.2Na/c1-2-3-4-5-8-9(6-7-10(8)14)11(12(15)16)13(17)18;;/h8-9,11H,2,5-7H2,1H3,(H,15,16)(H,17,18);;/q;2*+1/p-2. The Hall–Kier alpha value is 0.170. The number of carboxylic acid groups (broad SMARTS) is 2. The van der Waals surface area contributed by atoms with Crippen LogP contribution in [0.3, 0.4) is 0 Å². The summed E-state index contributed by atoms with van der Waals surface area (Å²) < 4.78 is 0. The summed E-state index contributed by atoms with van der Waals surface area (Å²) in [6, 6.07) is 0. The van der Waals surface area contributed by atoms with Gasteiger partial charge in [0.2, 0.25) is 0 Å². The molecular weight excluding hydrogens is 282 g/mol. The van der Waals surface area contributed by atoms with Crippen LogP contribution >= 0.6 is 0 Å². The molecule has 0 saturated heterocycles. The average Bonchev–Trinajstić information content (AvgIpc) is 2.61. The molecule has 0 radical (unpaired) electrons. The molecule has 1 aliphatic carbocycles. The summed E-state index contributed by atoms with van der Waals surface area (Å²) in [5.41, 5.74) is 0. The third kappa shape index (κ3) is 5.88.